The number of hydrogen-bond acceptors (Lipinski definition) is 3. The second-order valence-corrected chi connectivity index (χ2v) is 5.96. The molecule has 0 saturated carbocycles. The summed E-state index contributed by atoms with van der Waals surface area (Å²) in [5.74, 6) is 0. The average Bonchev–Trinajstić information content (AvgIpc) is 2.42. The monoisotopic (exact) mass is 282 g/mol. The third-order valence-corrected chi connectivity index (χ3v) is 4.17. The smallest absolute Gasteiger partial charge is 0.337 e. The fourth-order valence-corrected chi connectivity index (χ4v) is 3.02. The highest BCUT2D eigenvalue weighted by Gasteiger charge is 2.07. The minimum atomic E-state index is -0.309. The number of rotatable bonds is 2. The molecular formula is C17H14O2S. The molecule has 2 aromatic carbocycles. The van der Waals surface area contributed by atoms with E-state index in [0.717, 1.165) is 20.7 Å². The third kappa shape index (κ3) is 2.63. The average molecular weight is 282 g/mol. The van der Waals surface area contributed by atoms with Crippen molar-refractivity contribution in [2.75, 3.05) is 0 Å². The first-order valence-corrected chi connectivity index (χ1v) is 7.22. The summed E-state index contributed by atoms with van der Waals surface area (Å²) in [6.45, 7) is 4.09. The van der Waals surface area contributed by atoms with E-state index in [9.17, 15) is 4.79 Å². The summed E-state index contributed by atoms with van der Waals surface area (Å²) in [7, 11) is 0. The van der Waals surface area contributed by atoms with Crippen molar-refractivity contribution in [3.05, 3.63) is 70.1 Å². The van der Waals surface area contributed by atoms with Gasteiger partial charge in [-0.3, -0.25) is 0 Å². The number of aryl methyl sites for hydroxylation is 2. The van der Waals surface area contributed by atoms with Gasteiger partial charge in [0.05, 0.1) is 0 Å². The van der Waals surface area contributed by atoms with Gasteiger partial charge in [0, 0.05) is 21.2 Å². The molecule has 0 unspecified atom stereocenters. The summed E-state index contributed by atoms with van der Waals surface area (Å²) < 4.78 is 5.25. The number of fused-ring (bicyclic) bond motifs is 1. The van der Waals surface area contributed by atoms with Gasteiger partial charge in [-0.2, -0.15) is 0 Å². The Morgan fingerprint density at radius 2 is 1.60 bits per heavy atom. The lowest BCUT2D eigenvalue weighted by atomic mass is 10.2. The van der Waals surface area contributed by atoms with E-state index in [1.165, 1.54) is 5.56 Å². The third-order valence-electron chi connectivity index (χ3n) is 3.11. The molecule has 0 fully saturated rings. The van der Waals surface area contributed by atoms with Crippen molar-refractivity contribution in [1.29, 1.82) is 0 Å². The van der Waals surface area contributed by atoms with Crippen molar-refractivity contribution < 1.29 is 4.42 Å². The van der Waals surface area contributed by atoms with Gasteiger partial charge in [-0.15, -0.1) is 0 Å². The van der Waals surface area contributed by atoms with Crippen molar-refractivity contribution in [3.63, 3.8) is 0 Å². The summed E-state index contributed by atoms with van der Waals surface area (Å²) in [5.41, 5.74) is 2.70. The summed E-state index contributed by atoms with van der Waals surface area (Å²) >= 11 is 1.59. The molecule has 3 heteroatoms. The Hall–Kier alpha value is -2.00. The van der Waals surface area contributed by atoms with Gasteiger partial charge < -0.3 is 4.42 Å². The van der Waals surface area contributed by atoms with Gasteiger partial charge in [0.2, 0.25) is 0 Å². The Kier molecular flexibility index (Phi) is 3.36. The second kappa shape index (κ2) is 5.17. The Morgan fingerprint density at radius 3 is 2.35 bits per heavy atom. The molecule has 3 rings (SSSR count). The van der Waals surface area contributed by atoms with E-state index < -0.39 is 0 Å². The van der Waals surface area contributed by atoms with Crippen LogP contribution in [0.2, 0.25) is 0 Å². The molecule has 0 aliphatic rings. The van der Waals surface area contributed by atoms with Crippen LogP contribution in [0.25, 0.3) is 11.0 Å². The Balaban J connectivity index is 2.12. The van der Waals surface area contributed by atoms with E-state index in [4.69, 9.17) is 4.42 Å². The highest BCUT2D eigenvalue weighted by molar-refractivity contribution is 7.99. The van der Waals surface area contributed by atoms with Gasteiger partial charge in [-0.1, -0.05) is 41.1 Å². The van der Waals surface area contributed by atoms with Gasteiger partial charge in [0.1, 0.15) is 5.58 Å². The maximum absolute atomic E-state index is 11.7. The first-order valence-electron chi connectivity index (χ1n) is 6.41. The molecule has 0 radical (unpaired) electrons. The summed E-state index contributed by atoms with van der Waals surface area (Å²) in [6.07, 6.45) is 0. The van der Waals surface area contributed by atoms with Crippen molar-refractivity contribution >= 4 is 22.7 Å². The Morgan fingerprint density at radius 1 is 0.900 bits per heavy atom. The van der Waals surface area contributed by atoms with Crippen molar-refractivity contribution in [3.8, 4) is 0 Å². The molecule has 0 N–H and O–H groups in total. The van der Waals surface area contributed by atoms with Gasteiger partial charge in [0.15, 0.2) is 0 Å². The van der Waals surface area contributed by atoms with E-state index in [2.05, 4.69) is 37.3 Å². The maximum atomic E-state index is 11.7. The molecule has 20 heavy (non-hydrogen) atoms. The van der Waals surface area contributed by atoms with Crippen LogP contribution >= 0.6 is 11.8 Å². The summed E-state index contributed by atoms with van der Waals surface area (Å²) in [5, 5.41) is 0.982. The number of benzene rings is 2. The zero-order valence-electron chi connectivity index (χ0n) is 11.3. The van der Waals surface area contributed by atoms with Crippen LogP contribution < -0.4 is 5.63 Å². The van der Waals surface area contributed by atoms with Crippen LogP contribution in [-0.2, 0) is 0 Å². The predicted octanol–water partition coefficient (Wildman–Crippen LogP) is 4.56. The molecule has 2 nitrogen and oxygen atoms in total. The van der Waals surface area contributed by atoms with E-state index >= 15 is 0 Å². The highest BCUT2D eigenvalue weighted by atomic mass is 32.2. The van der Waals surface area contributed by atoms with Crippen molar-refractivity contribution in [1.82, 2.24) is 0 Å². The van der Waals surface area contributed by atoms with Gasteiger partial charge >= 0.3 is 5.63 Å². The van der Waals surface area contributed by atoms with Crippen molar-refractivity contribution in [2.24, 2.45) is 0 Å². The molecular weight excluding hydrogens is 268 g/mol. The van der Waals surface area contributed by atoms with Crippen LogP contribution in [0.4, 0.5) is 0 Å². The van der Waals surface area contributed by atoms with E-state index in [1.54, 1.807) is 17.8 Å². The first-order chi connectivity index (χ1) is 9.61. The molecule has 0 aliphatic carbocycles. The lowest BCUT2D eigenvalue weighted by Crippen LogP contribution is -1.97. The Labute approximate surface area is 121 Å². The summed E-state index contributed by atoms with van der Waals surface area (Å²) in [6, 6.07) is 15.7. The molecule has 0 bridgehead atoms. The minimum Gasteiger partial charge on any atom is -0.423 e. The molecule has 3 aromatic rings. The van der Waals surface area contributed by atoms with E-state index in [0.29, 0.717) is 5.58 Å². The Bertz CT molecular complexity index is 817. The van der Waals surface area contributed by atoms with E-state index in [1.807, 2.05) is 19.1 Å². The molecule has 0 aliphatic heterocycles. The highest BCUT2D eigenvalue weighted by Crippen LogP contribution is 2.32. The number of hydrogen-bond donors (Lipinski definition) is 0. The SMILES string of the molecule is Cc1ccc(Sc2cc(=O)oc3ccc(C)cc23)cc1. The standard InChI is InChI=1S/C17H14O2S/c1-11-3-6-13(7-4-11)20-16-10-17(18)19-15-8-5-12(2)9-14(15)16/h3-10H,1-2H3. The summed E-state index contributed by atoms with van der Waals surface area (Å²) in [4.78, 5) is 13.7. The molecule has 100 valence electrons. The fourth-order valence-electron chi connectivity index (χ4n) is 2.07. The zero-order valence-corrected chi connectivity index (χ0v) is 12.2. The normalized spacial score (nSPS) is 10.9. The zero-order chi connectivity index (χ0) is 14.1. The van der Waals surface area contributed by atoms with Crippen LogP contribution in [0.3, 0.4) is 0 Å². The molecule has 1 heterocycles. The molecule has 0 atom stereocenters. The molecule has 1 aromatic heterocycles. The lowest BCUT2D eigenvalue weighted by Gasteiger charge is -2.06. The van der Waals surface area contributed by atoms with E-state index in [-0.39, 0.29) is 5.63 Å². The first kappa shape index (κ1) is 13.0. The van der Waals surface area contributed by atoms with Gasteiger partial charge in [-0.05, 0) is 38.1 Å². The van der Waals surface area contributed by atoms with Crippen LogP contribution in [0, 0.1) is 13.8 Å². The fraction of sp³-hybridized carbons (Fsp3) is 0.118. The van der Waals surface area contributed by atoms with Crippen LogP contribution in [-0.4, -0.2) is 0 Å². The second-order valence-electron chi connectivity index (χ2n) is 4.84. The predicted molar refractivity (Wildman–Crippen MR) is 82.5 cm³/mol. The topological polar surface area (TPSA) is 30.2 Å². The van der Waals surface area contributed by atoms with Crippen LogP contribution in [0.5, 0.6) is 0 Å². The minimum absolute atomic E-state index is 0.309. The van der Waals surface area contributed by atoms with Crippen LogP contribution in [0.15, 0.2) is 67.5 Å². The molecule has 0 spiro atoms. The molecule has 0 amide bonds. The van der Waals surface area contributed by atoms with Crippen LogP contribution in [0.1, 0.15) is 11.1 Å². The van der Waals surface area contributed by atoms with Crippen molar-refractivity contribution in [2.45, 2.75) is 23.6 Å². The maximum Gasteiger partial charge on any atom is 0.337 e. The van der Waals surface area contributed by atoms with Gasteiger partial charge in [-0.25, -0.2) is 4.79 Å². The quantitative estimate of drug-likeness (QED) is 0.645. The largest absolute Gasteiger partial charge is 0.423 e. The lowest BCUT2D eigenvalue weighted by molar-refractivity contribution is 0.557. The van der Waals surface area contributed by atoms with Gasteiger partial charge in [0.25, 0.3) is 0 Å². The molecule has 0 saturated heterocycles.